The summed E-state index contributed by atoms with van der Waals surface area (Å²) >= 11 is 0. The lowest BCUT2D eigenvalue weighted by Crippen LogP contribution is -2.02. The summed E-state index contributed by atoms with van der Waals surface area (Å²) < 4.78 is 0. The monoisotopic (exact) mass is 346 g/mol. The van der Waals surface area contributed by atoms with Crippen molar-refractivity contribution in [1.82, 2.24) is 9.97 Å². The molecule has 0 amide bonds. The van der Waals surface area contributed by atoms with Crippen LogP contribution in [0, 0.1) is 0 Å². The lowest BCUT2D eigenvalue weighted by molar-refractivity contribution is 0.100. The Balaban J connectivity index is 1.78. The molecule has 0 aliphatic heterocycles. The Morgan fingerprint density at radius 3 is 1.96 bits per heavy atom. The molecule has 6 nitrogen and oxygen atoms in total. The van der Waals surface area contributed by atoms with Gasteiger partial charge in [-0.05, 0) is 44.2 Å². The van der Waals surface area contributed by atoms with E-state index >= 15 is 0 Å². The summed E-state index contributed by atoms with van der Waals surface area (Å²) in [6, 6.07) is 16.1. The van der Waals surface area contributed by atoms with Crippen molar-refractivity contribution in [1.29, 1.82) is 0 Å². The van der Waals surface area contributed by atoms with Crippen molar-refractivity contribution >= 4 is 34.7 Å². The van der Waals surface area contributed by atoms with Gasteiger partial charge in [0.2, 0.25) is 5.95 Å². The van der Waals surface area contributed by atoms with Gasteiger partial charge in [0.1, 0.15) is 5.82 Å². The maximum Gasteiger partial charge on any atom is 0.229 e. The van der Waals surface area contributed by atoms with Crippen LogP contribution in [-0.4, -0.2) is 21.5 Å². The molecule has 0 atom stereocenters. The highest BCUT2D eigenvalue weighted by molar-refractivity contribution is 5.95. The summed E-state index contributed by atoms with van der Waals surface area (Å²) in [4.78, 5) is 31.6. The molecule has 0 saturated heterocycles. The summed E-state index contributed by atoms with van der Waals surface area (Å²) in [5, 5.41) is 6.24. The molecule has 0 aliphatic carbocycles. The van der Waals surface area contributed by atoms with Gasteiger partial charge >= 0.3 is 0 Å². The van der Waals surface area contributed by atoms with Crippen LogP contribution in [0.25, 0.3) is 0 Å². The summed E-state index contributed by atoms with van der Waals surface area (Å²) in [6.07, 6.45) is 1.63. The minimum atomic E-state index is -0.00432. The minimum absolute atomic E-state index is 0.00375. The fraction of sp³-hybridized carbons (Fsp3) is 0.100. The van der Waals surface area contributed by atoms with E-state index in [9.17, 15) is 9.59 Å². The van der Waals surface area contributed by atoms with E-state index in [1.54, 1.807) is 42.6 Å². The summed E-state index contributed by atoms with van der Waals surface area (Å²) in [7, 11) is 0. The maximum absolute atomic E-state index is 11.5. The Labute approximate surface area is 151 Å². The normalized spacial score (nSPS) is 10.2. The fourth-order valence-corrected chi connectivity index (χ4v) is 2.40. The average Bonchev–Trinajstić information content (AvgIpc) is 2.62. The molecule has 0 bridgehead atoms. The number of hydrogen-bond donors (Lipinski definition) is 2. The van der Waals surface area contributed by atoms with E-state index in [1.165, 1.54) is 13.8 Å². The molecular weight excluding hydrogens is 328 g/mol. The number of nitrogens with one attached hydrogen (secondary N) is 2. The third kappa shape index (κ3) is 4.30. The molecule has 0 fully saturated rings. The molecule has 3 aromatic rings. The van der Waals surface area contributed by atoms with Gasteiger partial charge in [0.25, 0.3) is 0 Å². The van der Waals surface area contributed by atoms with Crippen LogP contribution >= 0.6 is 0 Å². The van der Waals surface area contributed by atoms with Gasteiger partial charge in [0.05, 0.1) is 0 Å². The molecule has 0 saturated carbocycles. The molecule has 0 aliphatic rings. The molecule has 26 heavy (non-hydrogen) atoms. The van der Waals surface area contributed by atoms with Crippen LogP contribution in [0.3, 0.4) is 0 Å². The Hall–Kier alpha value is -3.54. The van der Waals surface area contributed by atoms with E-state index in [2.05, 4.69) is 20.6 Å². The van der Waals surface area contributed by atoms with Crippen molar-refractivity contribution in [2.75, 3.05) is 10.6 Å². The van der Waals surface area contributed by atoms with Crippen molar-refractivity contribution in [2.24, 2.45) is 0 Å². The van der Waals surface area contributed by atoms with Crippen LogP contribution in [0.15, 0.2) is 60.8 Å². The molecule has 0 radical (unpaired) electrons. The zero-order valence-electron chi connectivity index (χ0n) is 14.5. The molecule has 3 rings (SSSR count). The van der Waals surface area contributed by atoms with Gasteiger partial charge in [-0.1, -0.05) is 24.3 Å². The second-order valence-electron chi connectivity index (χ2n) is 5.79. The van der Waals surface area contributed by atoms with Crippen molar-refractivity contribution in [3.63, 3.8) is 0 Å². The third-order valence-electron chi connectivity index (χ3n) is 3.72. The quantitative estimate of drug-likeness (QED) is 0.645. The van der Waals surface area contributed by atoms with Crippen LogP contribution in [0.4, 0.5) is 23.1 Å². The van der Waals surface area contributed by atoms with E-state index in [-0.39, 0.29) is 11.6 Å². The number of hydrogen-bond acceptors (Lipinski definition) is 6. The lowest BCUT2D eigenvalue weighted by atomic mass is 10.1. The Kier molecular flexibility index (Phi) is 5.03. The Morgan fingerprint density at radius 2 is 1.38 bits per heavy atom. The van der Waals surface area contributed by atoms with Gasteiger partial charge in [0.15, 0.2) is 11.6 Å². The molecule has 6 heteroatoms. The van der Waals surface area contributed by atoms with E-state index in [1.807, 2.05) is 18.2 Å². The number of Topliss-reactive ketones (excluding diaryl/α,β-unsaturated/α-hetero) is 2. The van der Waals surface area contributed by atoms with Gasteiger partial charge in [-0.15, -0.1) is 0 Å². The SMILES string of the molecule is CC(=O)c1cccc(Nc2ccnc(Nc3cccc(C(C)=O)c3)n2)c1. The number of ketones is 2. The molecule has 1 heterocycles. The van der Waals surface area contributed by atoms with Gasteiger partial charge in [-0.25, -0.2) is 4.98 Å². The number of rotatable bonds is 6. The smallest absolute Gasteiger partial charge is 0.229 e. The second kappa shape index (κ2) is 7.57. The molecule has 0 unspecified atom stereocenters. The molecule has 2 aromatic carbocycles. The van der Waals surface area contributed by atoms with Gasteiger partial charge < -0.3 is 10.6 Å². The number of carbonyl (C=O) groups is 2. The average molecular weight is 346 g/mol. The number of anilines is 4. The predicted octanol–water partition coefficient (Wildman–Crippen LogP) is 4.37. The van der Waals surface area contributed by atoms with Gasteiger partial charge in [0, 0.05) is 28.7 Å². The third-order valence-corrected chi connectivity index (χ3v) is 3.72. The summed E-state index contributed by atoms with van der Waals surface area (Å²) in [6.45, 7) is 3.05. The summed E-state index contributed by atoms with van der Waals surface area (Å²) in [5.74, 6) is 0.990. The van der Waals surface area contributed by atoms with Crippen LogP contribution in [-0.2, 0) is 0 Å². The van der Waals surface area contributed by atoms with Crippen LogP contribution < -0.4 is 10.6 Å². The molecule has 1 aromatic heterocycles. The first-order chi connectivity index (χ1) is 12.5. The number of benzene rings is 2. The van der Waals surface area contributed by atoms with Crippen LogP contribution in [0.2, 0.25) is 0 Å². The topological polar surface area (TPSA) is 84.0 Å². The largest absolute Gasteiger partial charge is 0.340 e. The van der Waals surface area contributed by atoms with Crippen molar-refractivity contribution in [3.05, 3.63) is 71.9 Å². The van der Waals surface area contributed by atoms with Crippen molar-refractivity contribution in [2.45, 2.75) is 13.8 Å². The Morgan fingerprint density at radius 1 is 0.808 bits per heavy atom. The minimum Gasteiger partial charge on any atom is -0.340 e. The van der Waals surface area contributed by atoms with Crippen molar-refractivity contribution in [3.8, 4) is 0 Å². The van der Waals surface area contributed by atoms with Gasteiger partial charge in [-0.2, -0.15) is 4.98 Å². The highest BCUT2D eigenvalue weighted by atomic mass is 16.1. The zero-order chi connectivity index (χ0) is 18.5. The molecule has 2 N–H and O–H groups in total. The van der Waals surface area contributed by atoms with Crippen molar-refractivity contribution < 1.29 is 9.59 Å². The molecule has 0 spiro atoms. The molecule has 130 valence electrons. The lowest BCUT2D eigenvalue weighted by Gasteiger charge is -2.09. The van der Waals surface area contributed by atoms with Gasteiger partial charge in [-0.3, -0.25) is 9.59 Å². The highest BCUT2D eigenvalue weighted by Gasteiger charge is 2.05. The predicted molar refractivity (Wildman–Crippen MR) is 101 cm³/mol. The summed E-state index contributed by atoms with van der Waals surface area (Å²) in [5.41, 5.74) is 2.74. The number of carbonyl (C=O) groups excluding carboxylic acids is 2. The maximum atomic E-state index is 11.5. The van der Waals surface area contributed by atoms with Crippen LogP contribution in [0.1, 0.15) is 34.6 Å². The van der Waals surface area contributed by atoms with E-state index in [0.29, 0.717) is 22.9 Å². The highest BCUT2D eigenvalue weighted by Crippen LogP contribution is 2.19. The van der Waals surface area contributed by atoms with E-state index < -0.39 is 0 Å². The fourth-order valence-electron chi connectivity index (χ4n) is 2.40. The first-order valence-electron chi connectivity index (χ1n) is 8.10. The number of nitrogens with zero attached hydrogens (tertiary/aromatic N) is 2. The number of aromatic nitrogens is 2. The Bertz CT molecular complexity index is 895. The van der Waals surface area contributed by atoms with E-state index in [0.717, 1.165) is 11.4 Å². The zero-order valence-corrected chi connectivity index (χ0v) is 14.5. The van der Waals surface area contributed by atoms with Crippen LogP contribution in [0.5, 0.6) is 0 Å². The first-order valence-corrected chi connectivity index (χ1v) is 8.10. The molecular formula is C20H18N4O2. The second-order valence-corrected chi connectivity index (χ2v) is 5.79. The first kappa shape index (κ1) is 17.3. The standard InChI is InChI=1S/C20H18N4O2/c1-13(25)15-5-3-7-17(11-15)22-19-9-10-21-20(24-19)23-18-8-4-6-16(12-18)14(2)26/h3-12H,1-2H3,(H2,21,22,23,24). The van der Waals surface area contributed by atoms with E-state index in [4.69, 9.17) is 0 Å².